The second kappa shape index (κ2) is 4.91. The first-order valence-corrected chi connectivity index (χ1v) is 5.34. The van der Waals surface area contributed by atoms with Gasteiger partial charge in [-0.25, -0.2) is 0 Å². The molecule has 0 unspecified atom stereocenters. The second-order valence-electron chi connectivity index (χ2n) is 4.49. The molecule has 0 bridgehead atoms. The van der Waals surface area contributed by atoms with Gasteiger partial charge in [0.1, 0.15) is 5.54 Å². The molecule has 1 aromatic carbocycles. The van der Waals surface area contributed by atoms with Crippen molar-refractivity contribution in [1.82, 2.24) is 5.32 Å². The molecule has 0 aliphatic carbocycles. The van der Waals surface area contributed by atoms with E-state index in [0.717, 1.165) is 12.1 Å². The number of hydrogen-bond acceptors (Lipinski definition) is 2. The van der Waals surface area contributed by atoms with Gasteiger partial charge in [0.2, 0.25) is 5.91 Å². The molecule has 0 radical (unpaired) electrons. The molecule has 0 saturated carbocycles. The third-order valence-corrected chi connectivity index (χ3v) is 2.52. The fourth-order valence-electron chi connectivity index (χ4n) is 1.34. The Bertz CT molecular complexity index is 510. The highest BCUT2D eigenvalue weighted by molar-refractivity contribution is 5.99. The number of carbonyl (C=O) groups excluding carboxylic acids is 2. The van der Waals surface area contributed by atoms with E-state index in [9.17, 15) is 22.8 Å². The van der Waals surface area contributed by atoms with Gasteiger partial charge in [-0.15, -0.1) is 0 Å². The van der Waals surface area contributed by atoms with E-state index < -0.39 is 34.7 Å². The van der Waals surface area contributed by atoms with Crippen LogP contribution in [0.15, 0.2) is 24.3 Å². The Morgan fingerprint density at radius 2 is 1.68 bits per heavy atom. The lowest BCUT2D eigenvalue weighted by molar-refractivity contribution is -0.137. The molecule has 1 rings (SSSR count). The van der Waals surface area contributed by atoms with Crippen molar-refractivity contribution in [3.8, 4) is 0 Å². The zero-order valence-corrected chi connectivity index (χ0v) is 10.3. The molecular formula is C12H13F3N2O2. The van der Waals surface area contributed by atoms with Crippen molar-refractivity contribution in [2.75, 3.05) is 0 Å². The molecule has 0 atom stereocenters. The first kappa shape index (κ1) is 15.0. The highest BCUT2D eigenvalue weighted by Crippen LogP contribution is 2.31. The van der Waals surface area contributed by atoms with E-state index in [2.05, 4.69) is 5.32 Å². The van der Waals surface area contributed by atoms with Crippen LogP contribution in [-0.2, 0) is 11.0 Å². The number of primary amides is 1. The number of carbonyl (C=O) groups is 2. The summed E-state index contributed by atoms with van der Waals surface area (Å²) in [6.45, 7) is 2.62. The molecule has 2 amide bonds. The number of amides is 2. The number of nitrogens with two attached hydrogens (primary N) is 1. The number of nitrogens with one attached hydrogen (secondary N) is 1. The summed E-state index contributed by atoms with van der Waals surface area (Å²) in [6, 6.07) is 4.32. The molecule has 19 heavy (non-hydrogen) atoms. The summed E-state index contributed by atoms with van der Waals surface area (Å²) in [4.78, 5) is 22.9. The Labute approximate surface area is 107 Å². The van der Waals surface area contributed by atoms with E-state index >= 15 is 0 Å². The molecular weight excluding hydrogens is 261 g/mol. The standard InChI is InChI=1S/C12H13F3N2O2/c1-11(2,10(16)19)17-9(18)7-5-3-4-6-8(7)12(13,14)15/h3-6H,1-2H3,(H2,16,19)(H,17,18). The summed E-state index contributed by atoms with van der Waals surface area (Å²) in [7, 11) is 0. The average molecular weight is 274 g/mol. The summed E-state index contributed by atoms with van der Waals surface area (Å²) in [5.41, 5.74) is 2.00. The molecule has 0 spiro atoms. The topological polar surface area (TPSA) is 72.2 Å². The van der Waals surface area contributed by atoms with Crippen LogP contribution in [-0.4, -0.2) is 17.4 Å². The van der Waals surface area contributed by atoms with Crippen LogP contribution in [0.2, 0.25) is 0 Å². The van der Waals surface area contributed by atoms with Crippen molar-refractivity contribution in [2.24, 2.45) is 5.73 Å². The van der Waals surface area contributed by atoms with E-state index in [0.29, 0.717) is 0 Å². The Balaban J connectivity index is 3.12. The third kappa shape index (κ3) is 3.46. The highest BCUT2D eigenvalue weighted by Gasteiger charge is 2.36. The minimum absolute atomic E-state index is 0.552. The lowest BCUT2D eigenvalue weighted by Gasteiger charge is -2.23. The quantitative estimate of drug-likeness (QED) is 0.880. The number of halogens is 3. The van der Waals surface area contributed by atoms with Gasteiger partial charge in [0.15, 0.2) is 0 Å². The summed E-state index contributed by atoms with van der Waals surface area (Å²) >= 11 is 0. The van der Waals surface area contributed by atoms with Crippen LogP contribution in [0.4, 0.5) is 13.2 Å². The zero-order valence-electron chi connectivity index (χ0n) is 10.3. The number of alkyl halides is 3. The highest BCUT2D eigenvalue weighted by atomic mass is 19.4. The van der Waals surface area contributed by atoms with Gasteiger partial charge in [0.25, 0.3) is 5.91 Å². The lowest BCUT2D eigenvalue weighted by atomic mass is 10.0. The molecule has 104 valence electrons. The van der Waals surface area contributed by atoms with E-state index in [1.54, 1.807) is 0 Å². The van der Waals surface area contributed by atoms with Gasteiger partial charge in [-0.3, -0.25) is 9.59 Å². The Morgan fingerprint density at radius 1 is 1.16 bits per heavy atom. The van der Waals surface area contributed by atoms with Crippen molar-refractivity contribution >= 4 is 11.8 Å². The van der Waals surface area contributed by atoms with Crippen LogP contribution >= 0.6 is 0 Å². The molecule has 1 aromatic rings. The minimum atomic E-state index is -4.65. The summed E-state index contributed by atoms with van der Waals surface area (Å²) in [6.07, 6.45) is -4.65. The summed E-state index contributed by atoms with van der Waals surface area (Å²) < 4.78 is 38.2. The average Bonchev–Trinajstić information content (AvgIpc) is 2.27. The van der Waals surface area contributed by atoms with Crippen LogP contribution in [0.1, 0.15) is 29.8 Å². The van der Waals surface area contributed by atoms with Gasteiger partial charge in [-0.05, 0) is 26.0 Å². The molecule has 0 aliphatic heterocycles. The predicted molar refractivity (Wildman–Crippen MR) is 62.2 cm³/mol. The smallest absolute Gasteiger partial charge is 0.368 e. The van der Waals surface area contributed by atoms with Crippen LogP contribution < -0.4 is 11.1 Å². The fraction of sp³-hybridized carbons (Fsp3) is 0.333. The van der Waals surface area contributed by atoms with Crippen LogP contribution in [0.25, 0.3) is 0 Å². The molecule has 0 saturated heterocycles. The van der Waals surface area contributed by atoms with E-state index in [-0.39, 0.29) is 0 Å². The molecule has 4 nitrogen and oxygen atoms in total. The number of benzene rings is 1. The maximum Gasteiger partial charge on any atom is 0.417 e. The zero-order chi connectivity index (χ0) is 14.8. The summed E-state index contributed by atoms with van der Waals surface area (Å²) in [5, 5.41) is 2.17. The molecule has 3 N–H and O–H groups in total. The molecule has 0 aliphatic rings. The lowest BCUT2D eigenvalue weighted by Crippen LogP contribution is -2.53. The van der Waals surface area contributed by atoms with E-state index in [1.807, 2.05) is 0 Å². The number of rotatable bonds is 3. The maximum absolute atomic E-state index is 12.7. The van der Waals surface area contributed by atoms with Crippen LogP contribution in [0.3, 0.4) is 0 Å². The van der Waals surface area contributed by atoms with Gasteiger partial charge in [0.05, 0.1) is 11.1 Å². The molecule has 0 aromatic heterocycles. The van der Waals surface area contributed by atoms with Gasteiger partial charge in [-0.2, -0.15) is 13.2 Å². The second-order valence-corrected chi connectivity index (χ2v) is 4.49. The fourth-order valence-corrected chi connectivity index (χ4v) is 1.34. The predicted octanol–water partition coefficient (Wildman–Crippen LogP) is 1.70. The van der Waals surface area contributed by atoms with E-state index in [1.165, 1.54) is 26.0 Å². The van der Waals surface area contributed by atoms with E-state index in [4.69, 9.17) is 5.73 Å². The monoisotopic (exact) mass is 274 g/mol. The Kier molecular flexibility index (Phi) is 3.88. The first-order valence-electron chi connectivity index (χ1n) is 5.34. The van der Waals surface area contributed by atoms with Crippen molar-refractivity contribution in [3.63, 3.8) is 0 Å². The molecule has 0 heterocycles. The molecule has 0 fully saturated rings. The van der Waals surface area contributed by atoms with Crippen LogP contribution in [0.5, 0.6) is 0 Å². The van der Waals surface area contributed by atoms with Crippen LogP contribution in [0, 0.1) is 0 Å². The molecule has 7 heteroatoms. The van der Waals surface area contributed by atoms with Gasteiger partial charge >= 0.3 is 6.18 Å². The number of hydrogen-bond donors (Lipinski definition) is 2. The largest absolute Gasteiger partial charge is 0.417 e. The van der Waals surface area contributed by atoms with Crippen molar-refractivity contribution in [2.45, 2.75) is 25.6 Å². The SMILES string of the molecule is CC(C)(NC(=O)c1ccccc1C(F)(F)F)C(N)=O. The minimum Gasteiger partial charge on any atom is -0.368 e. The Morgan fingerprint density at radius 3 is 2.16 bits per heavy atom. The van der Waals surface area contributed by atoms with Crippen molar-refractivity contribution in [3.05, 3.63) is 35.4 Å². The normalized spacial score (nSPS) is 12.1. The summed E-state index contributed by atoms with van der Waals surface area (Å²) in [5.74, 6) is -1.85. The van der Waals surface area contributed by atoms with Gasteiger partial charge in [-0.1, -0.05) is 12.1 Å². The van der Waals surface area contributed by atoms with Crippen molar-refractivity contribution < 1.29 is 22.8 Å². The third-order valence-electron chi connectivity index (χ3n) is 2.52. The van der Waals surface area contributed by atoms with Crippen molar-refractivity contribution in [1.29, 1.82) is 0 Å². The maximum atomic E-state index is 12.7. The van der Waals surface area contributed by atoms with Gasteiger partial charge < -0.3 is 11.1 Å². The Hall–Kier alpha value is -2.05. The van der Waals surface area contributed by atoms with Gasteiger partial charge in [0, 0.05) is 0 Å². The first-order chi connectivity index (χ1) is 8.55.